The summed E-state index contributed by atoms with van der Waals surface area (Å²) in [5.74, 6) is 0.921. The average Bonchev–Trinajstić information content (AvgIpc) is 2.60. The van der Waals surface area contributed by atoms with Crippen molar-refractivity contribution >= 4 is 43.4 Å². The Kier molecular flexibility index (Phi) is 12.0. The van der Waals surface area contributed by atoms with Crippen LogP contribution in [-0.2, 0) is 0 Å². The van der Waals surface area contributed by atoms with Crippen LogP contribution in [0.3, 0.4) is 0 Å². The topological polar surface area (TPSA) is 58.4 Å². The summed E-state index contributed by atoms with van der Waals surface area (Å²) in [6.45, 7) is 7.70. The lowest BCUT2D eigenvalue weighted by atomic mass is 9.87. The number of carbonyl (C=O) groups excluding carboxylic acids is 1. The van der Waals surface area contributed by atoms with Crippen molar-refractivity contribution < 1.29 is 4.79 Å². The predicted molar refractivity (Wildman–Crippen MR) is 123 cm³/mol. The van der Waals surface area contributed by atoms with Crippen LogP contribution in [0.15, 0.2) is 18.2 Å². The number of piperazine rings is 1. The molecule has 27 heavy (non-hydrogen) atoms. The first-order valence-corrected chi connectivity index (χ1v) is 10.1. The number of thiol groups is 1. The molecular formula is C20H35Cl2N3OS. The van der Waals surface area contributed by atoms with Gasteiger partial charge in [0.15, 0.2) is 0 Å². The number of carbonyl (C=O) groups is 1. The summed E-state index contributed by atoms with van der Waals surface area (Å²) in [6.07, 6.45) is 4.89. The van der Waals surface area contributed by atoms with Gasteiger partial charge >= 0.3 is 0 Å². The molecule has 0 saturated carbocycles. The standard InChI is InChI=1S/C20H33N3OS.2ClH/c1-4-5-11-20(21)18(10-7-14-25)23(13-12-22-20)19(24)17-9-6-8-15(2)16(17)3;;/h6,8-9,18,22,25H,4-5,7,10-14,21H2,1-3H3;2*1H/t18?,20-;;/m0../s1. The molecule has 0 bridgehead atoms. The Morgan fingerprint density at radius 2 is 2.04 bits per heavy atom. The molecule has 2 atom stereocenters. The molecule has 156 valence electrons. The number of nitrogens with two attached hydrogens (primary N) is 1. The summed E-state index contributed by atoms with van der Waals surface area (Å²) >= 11 is 4.36. The van der Waals surface area contributed by atoms with Crippen LogP contribution < -0.4 is 11.1 Å². The fourth-order valence-corrected chi connectivity index (χ4v) is 3.95. The first-order chi connectivity index (χ1) is 11.9. The highest BCUT2D eigenvalue weighted by Crippen LogP contribution is 2.28. The molecule has 0 radical (unpaired) electrons. The van der Waals surface area contributed by atoms with Crippen LogP contribution in [0.1, 0.15) is 60.5 Å². The molecule has 4 nitrogen and oxygen atoms in total. The molecule has 3 N–H and O–H groups in total. The average molecular weight is 436 g/mol. The van der Waals surface area contributed by atoms with Gasteiger partial charge in [-0.3, -0.25) is 10.1 Å². The maximum Gasteiger partial charge on any atom is 0.254 e. The molecule has 0 aliphatic carbocycles. The summed E-state index contributed by atoms with van der Waals surface area (Å²) in [5, 5.41) is 3.51. The molecule has 0 aromatic heterocycles. The third-order valence-electron chi connectivity index (χ3n) is 5.45. The number of benzene rings is 1. The second-order valence-corrected chi connectivity index (χ2v) is 7.65. The van der Waals surface area contributed by atoms with Crippen LogP contribution in [0.5, 0.6) is 0 Å². The Bertz CT molecular complexity index is 603. The van der Waals surface area contributed by atoms with E-state index in [1.165, 1.54) is 0 Å². The molecule has 1 heterocycles. The van der Waals surface area contributed by atoms with E-state index >= 15 is 0 Å². The predicted octanol–water partition coefficient (Wildman–Crippen LogP) is 4.12. The van der Waals surface area contributed by atoms with Crippen LogP contribution in [0.25, 0.3) is 0 Å². The van der Waals surface area contributed by atoms with E-state index < -0.39 is 5.66 Å². The highest BCUT2D eigenvalue weighted by atomic mass is 35.5. The van der Waals surface area contributed by atoms with Crippen LogP contribution in [-0.4, -0.2) is 41.4 Å². The van der Waals surface area contributed by atoms with Crippen molar-refractivity contribution in [1.82, 2.24) is 10.2 Å². The van der Waals surface area contributed by atoms with Gasteiger partial charge in [0.1, 0.15) is 0 Å². The van der Waals surface area contributed by atoms with E-state index in [0.717, 1.165) is 61.1 Å². The third kappa shape index (κ3) is 6.26. The number of hydrogen-bond acceptors (Lipinski definition) is 4. The minimum Gasteiger partial charge on any atom is -0.331 e. The Morgan fingerprint density at radius 1 is 1.33 bits per heavy atom. The van der Waals surface area contributed by atoms with Crippen LogP contribution in [0.2, 0.25) is 0 Å². The largest absolute Gasteiger partial charge is 0.331 e. The molecule has 1 aliphatic heterocycles. The summed E-state index contributed by atoms with van der Waals surface area (Å²) in [7, 11) is 0. The maximum atomic E-state index is 13.3. The lowest BCUT2D eigenvalue weighted by molar-refractivity contribution is 0.0315. The van der Waals surface area contributed by atoms with Crippen LogP contribution in [0.4, 0.5) is 0 Å². The summed E-state index contributed by atoms with van der Waals surface area (Å²) in [6, 6.07) is 5.96. The van der Waals surface area contributed by atoms with Gasteiger partial charge in [-0.15, -0.1) is 24.8 Å². The number of aryl methyl sites for hydroxylation is 1. The molecule has 7 heteroatoms. The molecule has 2 rings (SSSR count). The van der Waals surface area contributed by atoms with Gasteiger partial charge in [-0.1, -0.05) is 31.9 Å². The molecule has 1 aromatic rings. The van der Waals surface area contributed by atoms with E-state index in [9.17, 15) is 4.79 Å². The van der Waals surface area contributed by atoms with Gasteiger partial charge in [0, 0.05) is 18.7 Å². The number of halogens is 2. The Balaban J connectivity index is 0.00000338. The van der Waals surface area contributed by atoms with Crippen molar-refractivity contribution in [2.24, 2.45) is 5.73 Å². The molecule has 1 unspecified atom stereocenters. The Morgan fingerprint density at radius 3 is 2.67 bits per heavy atom. The minimum absolute atomic E-state index is 0. The zero-order valence-electron chi connectivity index (χ0n) is 16.7. The Hall–Kier alpha value is -0.460. The second-order valence-electron chi connectivity index (χ2n) is 7.20. The normalized spacial score (nSPS) is 22.0. The third-order valence-corrected chi connectivity index (χ3v) is 5.77. The smallest absolute Gasteiger partial charge is 0.254 e. The first kappa shape index (κ1) is 26.5. The van der Waals surface area contributed by atoms with Crippen molar-refractivity contribution in [3.05, 3.63) is 34.9 Å². The van der Waals surface area contributed by atoms with E-state index in [-0.39, 0.29) is 36.8 Å². The molecule has 0 spiro atoms. The van der Waals surface area contributed by atoms with Gasteiger partial charge in [-0.25, -0.2) is 0 Å². The zero-order valence-corrected chi connectivity index (χ0v) is 19.2. The number of unbranched alkanes of at least 4 members (excludes halogenated alkanes) is 1. The van der Waals surface area contributed by atoms with Gasteiger partial charge in [0.05, 0.1) is 11.7 Å². The van der Waals surface area contributed by atoms with E-state index in [2.05, 4.69) is 37.9 Å². The quantitative estimate of drug-likeness (QED) is 0.564. The molecule has 1 saturated heterocycles. The van der Waals surface area contributed by atoms with Crippen LogP contribution >= 0.6 is 37.4 Å². The fourth-order valence-electron chi connectivity index (χ4n) is 3.76. The van der Waals surface area contributed by atoms with Gasteiger partial charge in [-0.2, -0.15) is 12.6 Å². The van der Waals surface area contributed by atoms with Crippen molar-refractivity contribution in [3.63, 3.8) is 0 Å². The first-order valence-electron chi connectivity index (χ1n) is 9.46. The maximum absolute atomic E-state index is 13.3. The van der Waals surface area contributed by atoms with E-state index in [4.69, 9.17) is 5.73 Å². The number of rotatable bonds is 7. The van der Waals surface area contributed by atoms with Gasteiger partial charge in [0.25, 0.3) is 5.91 Å². The molecule has 1 amide bonds. The summed E-state index contributed by atoms with van der Waals surface area (Å²) < 4.78 is 0. The highest BCUT2D eigenvalue weighted by Gasteiger charge is 2.42. The van der Waals surface area contributed by atoms with Gasteiger partial charge < -0.3 is 10.6 Å². The van der Waals surface area contributed by atoms with Crippen molar-refractivity contribution in [3.8, 4) is 0 Å². The van der Waals surface area contributed by atoms with E-state index in [1.54, 1.807) is 0 Å². The highest BCUT2D eigenvalue weighted by molar-refractivity contribution is 7.80. The molecular weight excluding hydrogens is 401 g/mol. The van der Waals surface area contributed by atoms with Gasteiger partial charge in [0.2, 0.25) is 0 Å². The zero-order chi connectivity index (χ0) is 18.4. The fraction of sp³-hybridized carbons (Fsp3) is 0.650. The molecule has 1 aromatic carbocycles. The van der Waals surface area contributed by atoms with Crippen LogP contribution in [0, 0.1) is 13.8 Å². The molecule has 1 aliphatic rings. The van der Waals surface area contributed by atoms with Crippen molar-refractivity contribution in [2.45, 2.75) is 64.6 Å². The van der Waals surface area contributed by atoms with E-state index in [0.29, 0.717) is 6.54 Å². The van der Waals surface area contributed by atoms with Crippen molar-refractivity contribution in [1.29, 1.82) is 0 Å². The number of hydrogen-bond donors (Lipinski definition) is 3. The summed E-state index contributed by atoms with van der Waals surface area (Å²) in [4.78, 5) is 15.3. The summed E-state index contributed by atoms with van der Waals surface area (Å²) in [5.41, 5.74) is 9.28. The lowest BCUT2D eigenvalue weighted by Crippen LogP contribution is -2.72. The lowest BCUT2D eigenvalue weighted by Gasteiger charge is -2.49. The van der Waals surface area contributed by atoms with E-state index in [1.807, 2.05) is 24.0 Å². The second kappa shape index (κ2) is 12.2. The number of amides is 1. The van der Waals surface area contributed by atoms with Crippen molar-refractivity contribution in [2.75, 3.05) is 18.8 Å². The Labute approximate surface area is 182 Å². The monoisotopic (exact) mass is 435 g/mol. The van der Waals surface area contributed by atoms with Gasteiger partial charge in [-0.05, 0) is 56.1 Å². The SMILES string of the molecule is CCCC[C@]1(N)NCCN(C(=O)c2cccc(C)c2C)C1CCCS.Cl.Cl. The number of nitrogens with zero attached hydrogens (tertiary/aromatic N) is 1. The molecule has 1 fully saturated rings. The minimum atomic E-state index is -0.509. The number of nitrogens with one attached hydrogen (secondary N) is 1.